The van der Waals surface area contributed by atoms with Gasteiger partial charge in [0.2, 0.25) is 5.75 Å². The normalized spacial score (nSPS) is 10.8. The van der Waals surface area contributed by atoms with Crippen molar-refractivity contribution in [3.8, 4) is 23.0 Å². The van der Waals surface area contributed by atoms with Gasteiger partial charge in [-0.1, -0.05) is 89.7 Å². The van der Waals surface area contributed by atoms with Crippen LogP contribution in [0.3, 0.4) is 0 Å². The summed E-state index contributed by atoms with van der Waals surface area (Å²) in [5.74, 6) is 1.34. The van der Waals surface area contributed by atoms with Gasteiger partial charge in [0.1, 0.15) is 18.9 Å². The molecule has 3 rings (SSSR count). The minimum Gasteiger partial charge on any atom is -0.496 e. The number of aryl methyl sites for hydroxylation is 1. The van der Waals surface area contributed by atoms with Crippen LogP contribution in [0, 0.1) is 0 Å². The number of aromatic nitrogens is 1. The summed E-state index contributed by atoms with van der Waals surface area (Å²) in [5.41, 5.74) is 1.68. The van der Waals surface area contributed by atoms with Crippen molar-refractivity contribution in [1.82, 2.24) is 4.90 Å². The Labute approximate surface area is 293 Å². The molecule has 2 amide bonds. The van der Waals surface area contributed by atoms with Gasteiger partial charge in [-0.3, -0.25) is 4.79 Å². The number of ether oxygens (including phenoxy) is 5. The molecule has 0 bridgehead atoms. The number of carbonyl (C=O) groups is 2. The third-order valence-electron chi connectivity index (χ3n) is 8.56. The van der Waals surface area contributed by atoms with E-state index in [1.807, 2.05) is 36.0 Å². The lowest BCUT2D eigenvalue weighted by molar-refractivity contribution is -0.694. The number of nitrogens with zero attached hydrogens (tertiary/aromatic N) is 2. The maximum atomic E-state index is 13.7. The number of methoxy groups -OCH3 is 3. The van der Waals surface area contributed by atoms with E-state index in [9.17, 15) is 9.59 Å². The maximum absolute atomic E-state index is 13.7. The van der Waals surface area contributed by atoms with Gasteiger partial charge in [0.05, 0.1) is 40.0 Å². The number of unbranched alkanes of at least 4 members (excludes halogenated alkanes) is 11. The molecule has 0 spiro atoms. The van der Waals surface area contributed by atoms with Crippen LogP contribution in [-0.4, -0.2) is 44.8 Å². The Morgan fingerprint density at radius 1 is 0.694 bits per heavy atom. The third kappa shape index (κ3) is 12.9. The summed E-state index contributed by atoms with van der Waals surface area (Å²) < 4.78 is 30.5. The van der Waals surface area contributed by atoms with Crippen LogP contribution in [0.2, 0.25) is 0 Å². The van der Waals surface area contributed by atoms with Gasteiger partial charge in [0, 0.05) is 11.6 Å². The molecule has 1 heterocycles. The Hall–Kier alpha value is -4.27. The molecule has 1 aromatic heterocycles. The van der Waals surface area contributed by atoms with Gasteiger partial charge in [-0.25, -0.2) is 14.3 Å². The fraction of sp³-hybridized carbons (Fsp3) is 0.525. The number of pyridine rings is 1. The predicted molar refractivity (Wildman–Crippen MR) is 191 cm³/mol. The highest BCUT2D eigenvalue weighted by Gasteiger charge is 2.28. The number of carbonyl (C=O) groups excluding carboxylic acids is 2. The molecule has 9 heteroatoms. The van der Waals surface area contributed by atoms with Crippen molar-refractivity contribution < 1.29 is 37.8 Å². The fourth-order valence-electron chi connectivity index (χ4n) is 5.74. The molecule has 9 nitrogen and oxygen atoms in total. The van der Waals surface area contributed by atoms with Crippen LogP contribution >= 0.6 is 0 Å². The highest BCUT2D eigenvalue weighted by Crippen LogP contribution is 2.39. The number of benzene rings is 2. The zero-order chi connectivity index (χ0) is 35.3. The number of hydrogen-bond donors (Lipinski definition) is 0. The average Bonchev–Trinajstić information content (AvgIpc) is 3.14. The molecule has 268 valence electrons. The zero-order valence-electron chi connectivity index (χ0n) is 30.3. The molecule has 0 aliphatic heterocycles. The second kappa shape index (κ2) is 22.4. The predicted octanol–water partition coefficient (Wildman–Crippen LogP) is 9.08. The molecule has 49 heavy (non-hydrogen) atoms. The molecule has 2 aromatic carbocycles. The van der Waals surface area contributed by atoms with E-state index >= 15 is 0 Å². The zero-order valence-corrected chi connectivity index (χ0v) is 30.3. The molecule has 3 aromatic rings. The van der Waals surface area contributed by atoms with E-state index in [-0.39, 0.29) is 18.7 Å². The van der Waals surface area contributed by atoms with E-state index in [1.165, 1.54) is 71.3 Å². The van der Waals surface area contributed by atoms with Crippen molar-refractivity contribution in [3.63, 3.8) is 0 Å². The van der Waals surface area contributed by atoms with E-state index in [1.54, 1.807) is 50.6 Å². The van der Waals surface area contributed by atoms with Crippen LogP contribution in [0.15, 0.2) is 60.9 Å². The van der Waals surface area contributed by atoms with E-state index in [0.717, 1.165) is 29.8 Å². The summed E-state index contributed by atoms with van der Waals surface area (Å²) in [6.07, 6.45) is 18.4. The van der Waals surface area contributed by atoms with Gasteiger partial charge in [-0.2, -0.15) is 0 Å². The van der Waals surface area contributed by atoms with Gasteiger partial charge in [-0.05, 0) is 49.2 Å². The second-order valence-corrected chi connectivity index (χ2v) is 12.3. The first-order valence-electron chi connectivity index (χ1n) is 17.9. The first-order chi connectivity index (χ1) is 23.9. The standard InChI is InChI=1S/C40H57N2O7/c1-6-8-9-10-11-12-13-14-15-16-17-20-26-48-38-36(46-4)27-33(28-37(38)47-5)31-49-40(44)42(30-32-22-21-25-41(7-2)29-32)39(43)34-23-18-19-24-35(34)45-3/h18-19,21-25,27-29H,6-17,20,26,30-31H2,1-5H3/q+1. The van der Waals surface area contributed by atoms with Crippen LogP contribution in [0.5, 0.6) is 23.0 Å². The van der Waals surface area contributed by atoms with E-state index in [0.29, 0.717) is 35.2 Å². The summed E-state index contributed by atoms with van der Waals surface area (Å²) in [6.45, 7) is 5.50. The Bertz CT molecular complexity index is 1400. The molecular weight excluding hydrogens is 620 g/mol. The summed E-state index contributed by atoms with van der Waals surface area (Å²) >= 11 is 0. The molecule has 0 unspecified atom stereocenters. The topological polar surface area (TPSA) is 87.4 Å². The Morgan fingerprint density at radius 2 is 1.29 bits per heavy atom. The minimum atomic E-state index is -0.784. The monoisotopic (exact) mass is 677 g/mol. The van der Waals surface area contributed by atoms with Crippen molar-refractivity contribution in [2.45, 2.75) is 111 Å². The van der Waals surface area contributed by atoms with Crippen LogP contribution < -0.4 is 23.5 Å². The number of para-hydroxylation sites is 1. The lowest BCUT2D eigenvalue weighted by atomic mass is 10.1. The molecule has 0 fully saturated rings. The van der Waals surface area contributed by atoms with Crippen LogP contribution in [-0.2, 0) is 24.4 Å². The molecule has 0 atom stereocenters. The van der Waals surface area contributed by atoms with E-state index < -0.39 is 12.0 Å². The molecule has 0 aliphatic carbocycles. The Balaban J connectivity index is 1.59. The molecule has 0 saturated carbocycles. The van der Waals surface area contributed by atoms with Gasteiger partial charge < -0.3 is 23.7 Å². The quantitative estimate of drug-likeness (QED) is 0.0731. The molecule has 0 N–H and O–H groups in total. The van der Waals surface area contributed by atoms with Crippen LogP contribution in [0.25, 0.3) is 0 Å². The Morgan fingerprint density at radius 3 is 1.88 bits per heavy atom. The molecule has 0 aliphatic rings. The fourth-order valence-corrected chi connectivity index (χ4v) is 5.74. The van der Waals surface area contributed by atoms with Crippen molar-refractivity contribution >= 4 is 12.0 Å². The van der Waals surface area contributed by atoms with Gasteiger partial charge in [0.25, 0.3) is 5.91 Å². The lowest BCUT2D eigenvalue weighted by Crippen LogP contribution is -2.38. The number of rotatable bonds is 23. The summed E-state index contributed by atoms with van der Waals surface area (Å²) in [7, 11) is 4.62. The van der Waals surface area contributed by atoms with Crippen molar-refractivity contribution in [2.24, 2.45) is 0 Å². The average molecular weight is 678 g/mol. The van der Waals surface area contributed by atoms with Crippen LogP contribution in [0.1, 0.15) is 112 Å². The lowest BCUT2D eigenvalue weighted by Gasteiger charge is -2.21. The first-order valence-corrected chi connectivity index (χ1v) is 17.9. The van der Waals surface area contributed by atoms with Crippen LogP contribution in [0.4, 0.5) is 4.79 Å². The smallest absolute Gasteiger partial charge is 0.417 e. The maximum Gasteiger partial charge on any atom is 0.417 e. The minimum absolute atomic E-state index is 0.0229. The summed E-state index contributed by atoms with van der Waals surface area (Å²) in [5, 5.41) is 0. The van der Waals surface area contributed by atoms with E-state index in [4.69, 9.17) is 23.7 Å². The van der Waals surface area contributed by atoms with E-state index in [2.05, 4.69) is 6.92 Å². The van der Waals surface area contributed by atoms with Crippen molar-refractivity contribution in [1.29, 1.82) is 0 Å². The SMILES string of the molecule is CCCCCCCCCCCCCCOc1c(OC)cc(COC(=O)N(Cc2ccc[n+](CC)c2)C(=O)c2ccccc2OC)cc1OC. The molecule has 0 saturated heterocycles. The van der Waals surface area contributed by atoms with Crippen molar-refractivity contribution in [3.05, 3.63) is 77.6 Å². The third-order valence-corrected chi connectivity index (χ3v) is 8.56. The molecular formula is C40H57N2O7+. The Kier molecular flexibility index (Phi) is 17.9. The number of imide groups is 1. The van der Waals surface area contributed by atoms with Crippen molar-refractivity contribution in [2.75, 3.05) is 27.9 Å². The summed E-state index contributed by atoms with van der Waals surface area (Å²) in [6, 6.07) is 14.1. The summed E-state index contributed by atoms with van der Waals surface area (Å²) in [4.78, 5) is 28.4. The van der Waals surface area contributed by atoms with Gasteiger partial charge in [-0.15, -0.1) is 0 Å². The number of hydrogen-bond acceptors (Lipinski definition) is 7. The molecule has 0 radical (unpaired) electrons. The van der Waals surface area contributed by atoms with Gasteiger partial charge >= 0.3 is 6.09 Å². The van der Waals surface area contributed by atoms with Gasteiger partial charge in [0.15, 0.2) is 23.9 Å². The second-order valence-electron chi connectivity index (χ2n) is 12.3. The largest absolute Gasteiger partial charge is 0.496 e. The highest BCUT2D eigenvalue weighted by molar-refractivity contribution is 6.04. The number of amides is 2. The highest BCUT2D eigenvalue weighted by atomic mass is 16.6. The first kappa shape index (κ1) is 39.2.